The van der Waals surface area contributed by atoms with Crippen molar-refractivity contribution in [3.63, 3.8) is 0 Å². The van der Waals surface area contributed by atoms with E-state index in [2.05, 4.69) is 21.4 Å². The van der Waals surface area contributed by atoms with E-state index in [1.807, 2.05) is 36.4 Å². The summed E-state index contributed by atoms with van der Waals surface area (Å²) in [5, 5.41) is 2.92. The van der Waals surface area contributed by atoms with Crippen LogP contribution in [-0.4, -0.2) is 22.5 Å². The summed E-state index contributed by atoms with van der Waals surface area (Å²) in [5.41, 5.74) is 4.89. The molecule has 0 radical (unpaired) electrons. The second-order valence-corrected chi connectivity index (χ2v) is 7.27. The van der Waals surface area contributed by atoms with Gasteiger partial charge in [-0.1, -0.05) is 12.5 Å². The highest BCUT2D eigenvalue weighted by molar-refractivity contribution is 6.02. The van der Waals surface area contributed by atoms with Crippen molar-refractivity contribution < 1.29 is 9.53 Å². The molecule has 2 N–H and O–H groups in total. The lowest BCUT2D eigenvalue weighted by Crippen LogP contribution is -2.10. The van der Waals surface area contributed by atoms with Crippen LogP contribution in [0.4, 0.5) is 5.69 Å². The predicted octanol–water partition coefficient (Wildman–Crippen LogP) is 4.42. The fourth-order valence-corrected chi connectivity index (χ4v) is 3.65. The molecule has 3 aromatic rings. The van der Waals surface area contributed by atoms with E-state index in [1.54, 1.807) is 6.08 Å². The highest BCUT2D eigenvalue weighted by atomic mass is 16.5. The SMILES string of the molecule is O=C(/C=C/c1ccc2c(c1)CCO2)Nc1ccc2nc(C3CCC3)[nH]c2c1. The van der Waals surface area contributed by atoms with Gasteiger partial charge in [0.1, 0.15) is 11.6 Å². The van der Waals surface area contributed by atoms with Crippen LogP contribution < -0.4 is 10.1 Å². The zero-order valence-electron chi connectivity index (χ0n) is 15.0. The third-order valence-electron chi connectivity index (χ3n) is 5.40. The lowest BCUT2D eigenvalue weighted by Gasteiger charge is -2.22. The number of nitrogens with one attached hydrogen (secondary N) is 2. The number of amides is 1. The van der Waals surface area contributed by atoms with Crippen LogP contribution in [0.15, 0.2) is 42.5 Å². The number of fused-ring (bicyclic) bond motifs is 2. The molecule has 136 valence electrons. The van der Waals surface area contributed by atoms with Crippen LogP contribution in [0.5, 0.6) is 5.75 Å². The molecule has 5 heteroatoms. The predicted molar refractivity (Wildman–Crippen MR) is 106 cm³/mol. The standard InChI is InChI=1S/C22H21N3O2/c26-21(9-5-14-4-8-20-16(12-14)10-11-27-20)23-17-6-7-18-19(13-17)25-22(24-18)15-2-1-3-15/h4-9,12-13,15H,1-3,10-11H2,(H,23,26)(H,24,25)/b9-5+. The number of ether oxygens (including phenoxy) is 1. The minimum absolute atomic E-state index is 0.148. The number of aromatic nitrogens is 2. The largest absolute Gasteiger partial charge is 0.493 e. The first-order valence-electron chi connectivity index (χ1n) is 9.49. The maximum absolute atomic E-state index is 12.3. The summed E-state index contributed by atoms with van der Waals surface area (Å²) >= 11 is 0. The first kappa shape index (κ1) is 16.1. The number of carbonyl (C=O) groups excluding carboxylic acids is 1. The van der Waals surface area contributed by atoms with E-state index < -0.39 is 0 Å². The Kier molecular flexibility index (Phi) is 3.93. The van der Waals surface area contributed by atoms with E-state index in [9.17, 15) is 4.79 Å². The number of hydrogen-bond donors (Lipinski definition) is 2. The van der Waals surface area contributed by atoms with Crippen molar-refractivity contribution in [2.45, 2.75) is 31.6 Å². The van der Waals surface area contributed by atoms with Gasteiger partial charge in [-0.15, -0.1) is 0 Å². The van der Waals surface area contributed by atoms with E-state index in [0.29, 0.717) is 5.92 Å². The van der Waals surface area contributed by atoms with E-state index >= 15 is 0 Å². The lowest BCUT2D eigenvalue weighted by atomic mass is 9.85. The van der Waals surface area contributed by atoms with Crippen molar-refractivity contribution >= 4 is 28.7 Å². The number of H-pyrrole nitrogens is 1. The third-order valence-corrected chi connectivity index (χ3v) is 5.40. The molecule has 1 saturated carbocycles. The molecule has 0 atom stereocenters. The molecule has 1 aromatic heterocycles. The molecule has 2 aromatic carbocycles. The van der Waals surface area contributed by atoms with Crippen molar-refractivity contribution in [1.82, 2.24) is 9.97 Å². The van der Waals surface area contributed by atoms with Gasteiger partial charge in [0.05, 0.1) is 17.6 Å². The van der Waals surface area contributed by atoms with E-state index in [0.717, 1.165) is 46.9 Å². The molecule has 1 aliphatic carbocycles. The number of nitrogens with zero attached hydrogens (tertiary/aromatic N) is 1. The van der Waals surface area contributed by atoms with Crippen molar-refractivity contribution in [1.29, 1.82) is 0 Å². The van der Waals surface area contributed by atoms with Crippen molar-refractivity contribution in [2.24, 2.45) is 0 Å². The van der Waals surface area contributed by atoms with Crippen molar-refractivity contribution in [2.75, 3.05) is 11.9 Å². The number of imidazole rings is 1. The van der Waals surface area contributed by atoms with Gasteiger partial charge in [-0.3, -0.25) is 4.79 Å². The highest BCUT2D eigenvalue weighted by Gasteiger charge is 2.22. The minimum Gasteiger partial charge on any atom is -0.493 e. The monoisotopic (exact) mass is 359 g/mol. The van der Waals surface area contributed by atoms with E-state index in [1.165, 1.54) is 24.8 Å². The Morgan fingerprint density at radius 3 is 3.00 bits per heavy atom. The molecule has 0 unspecified atom stereocenters. The Balaban J connectivity index is 1.28. The molecule has 2 heterocycles. The molecule has 1 fully saturated rings. The van der Waals surface area contributed by atoms with Gasteiger partial charge in [0, 0.05) is 24.1 Å². The third kappa shape index (κ3) is 3.21. The maximum Gasteiger partial charge on any atom is 0.248 e. The molecule has 1 aliphatic heterocycles. The fourth-order valence-electron chi connectivity index (χ4n) is 3.65. The molecular weight excluding hydrogens is 338 g/mol. The molecule has 27 heavy (non-hydrogen) atoms. The van der Waals surface area contributed by atoms with Gasteiger partial charge in [0.25, 0.3) is 0 Å². The van der Waals surface area contributed by atoms with Gasteiger partial charge >= 0.3 is 0 Å². The summed E-state index contributed by atoms with van der Waals surface area (Å²) < 4.78 is 5.51. The molecule has 0 spiro atoms. The average molecular weight is 359 g/mol. The number of carbonyl (C=O) groups is 1. The Bertz CT molecular complexity index is 1050. The highest BCUT2D eigenvalue weighted by Crippen LogP contribution is 2.35. The zero-order valence-corrected chi connectivity index (χ0v) is 15.0. The molecule has 0 bridgehead atoms. The van der Waals surface area contributed by atoms with Crippen LogP contribution in [0.25, 0.3) is 17.1 Å². The van der Waals surface area contributed by atoms with Gasteiger partial charge in [-0.25, -0.2) is 4.98 Å². The Morgan fingerprint density at radius 2 is 2.15 bits per heavy atom. The number of rotatable bonds is 4. The van der Waals surface area contributed by atoms with Crippen LogP contribution in [0.2, 0.25) is 0 Å². The van der Waals surface area contributed by atoms with Crippen LogP contribution >= 0.6 is 0 Å². The summed E-state index contributed by atoms with van der Waals surface area (Å²) in [6, 6.07) is 11.8. The smallest absolute Gasteiger partial charge is 0.248 e. The van der Waals surface area contributed by atoms with Gasteiger partial charge in [0.2, 0.25) is 5.91 Å². The zero-order chi connectivity index (χ0) is 18.2. The van der Waals surface area contributed by atoms with E-state index in [4.69, 9.17) is 4.74 Å². The maximum atomic E-state index is 12.3. The molecule has 5 nitrogen and oxygen atoms in total. The van der Waals surface area contributed by atoms with Crippen LogP contribution in [-0.2, 0) is 11.2 Å². The molecular formula is C22H21N3O2. The summed E-state index contributed by atoms with van der Waals surface area (Å²) in [7, 11) is 0. The second-order valence-electron chi connectivity index (χ2n) is 7.27. The minimum atomic E-state index is -0.148. The van der Waals surface area contributed by atoms with Gasteiger partial charge < -0.3 is 15.0 Å². The number of anilines is 1. The van der Waals surface area contributed by atoms with Crippen LogP contribution in [0, 0.1) is 0 Å². The van der Waals surface area contributed by atoms with Crippen LogP contribution in [0.3, 0.4) is 0 Å². The Morgan fingerprint density at radius 1 is 1.22 bits per heavy atom. The summed E-state index contributed by atoms with van der Waals surface area (Å²) in [6.07, 6.45) is 8.03. The topological polar surface area (TPSA) is 67.0 Å². The number of benzene rings is 2. The Hall–Kier alpha value is -3.08. The van der Waals surface area contributed by atoms with Crippen LogP contribution in [0.1, 0.15) is 42.1 Å². The van der Waals surface area contributed by atoms with Crippen molar-refractivity contribution in [3.8, 4) is 5.75 Å². The first-order chi connectivity index (χ1) is 13.2. The quantitative estimate of drug-likeness (QED) is 0.678. The molecule has 1 amide bonds. The summed E-state index contributed by atoms with van der Waals surface area (Å²) in [4.78, 5) is 20.3. The second kappa shape index (κ2) is 6.58. The number of hydrogen-bond acceptors (Lipinski definition) is 3. The summed E-state index contributed by atoms with van der Waals surface area (Å²) in [5.74, 6) is 2.44. The first-order valence-corrected chi connectivity index (χ1v) is 9.49. The van der Waals surface area contributed by atoms with Gasteiger partial charge in [-0.2, -0.15) is 0 Å². The summed E-state index contributed by atoms with van der Waals surface area (Å²) in [6.45, 7) is 0.738. The fraction of sp³-hybridized carbons (Fsp3) is 0.273. The van der Waals surface area contributed by atoms with Gasteiger partial charge in [0.15, 0.2) is 0 Å². The number of aromatic amines is 1. The lowest BCUT2D eigenvalue weighted by molar-refractivity contribution is -0.111. The van der Waals surface area contributed by atoms with E-state index in [-0.39, 0.29) is 5.91 Å². The molecule has 2 aliphatic rings. The Labute approximate surface area is 157 Å². The molecule has 0 saturated heterocycles. The molecule has 5 rings (SSSR count). The average Bonchev–Trinajstić information content (AvgIpc) is 3.24. The van der Waals surface area contributed by atoms with Gasteiger partial charge in [-0.05, 0) is 60.4 Å². The van der Waals surface area contributed by atoms with Crippen molar-refractivity contribution in [3.05, 3.63) is 59.4 Å². The normalized spacial score (nSPS) is 16.3.